The van der Waals surface area contributed by atoms with E-state index in [-0.39, 0.29) is 29.1 Å². The van der Waals surface area contributed by atoms with Gasteiger partial charge in [-0.15, -0.1) is 10.2 Å². The summed E-state index contributed by atoms with van der Waals surface area (Å²) < 4.78 is 52.6. The maximum Gasteiger partial charge on any atom is 0.435 e. The second kappa shape index (κ2) is 11.7. The molecule has 218 valence electrons. The molecule has 0 unspecified atom stereocenters. The molecule has 5 nitrogen and oxygen atoms in total. The van der Waals surface area contributed by atoms with E-state index in [1.807, 2.05) is 54.6 Å². The second-order valence-electron chi connectivity index (χ2n) is 11.0. The van der Waals surface area contributed by atoms with E-state index in [9.17, 15) is 13.2 Å². The number of fused-ring (bicyclic) bond motifs is 1. The summed E-state index contributed by atoms with van der Waals surface area (Å²) in [5.41, 5.74) is 0.960. The molecule has 4 aromatic rings. The van der Waals surface area contributed by atoms with Crippen LogP contribution in [0.2, 0.25) is 5.15 Å². The fourth-order valence-electron chi connectivity index (χ4n) is 6.59. The van der Waals surface area contributed by atoms with Crippen molar-refractivity contribution >= 4 is 11.6 Å². The van der Waals surface area contributed by atoms with Crippen molar-refractivity contribution in [3.05, 3.63) is 125 Å². The van der Waals surface area contributed by atoms with E-state index >= 15 is 0 Å². The number of hydrogen-bond acceptors (Lipinski definition) is 5. The first-order chi connectivity index (χ1) is 20.3. The molecular formula is C33H31ClF3N3O2. The topological polar surface area (TPSA) is 47.5 Å². The zero-order valence-corrected chi connectivity index (χ0v) is 23.7. The molecule has 2 atom stereocenters. The highest BCUT2D eigenvalue weighted by Crippen LogP contribution is 2.47. The van der Waals surface area contributed by atoms with Gasteiger partial charge in [0.25, 0.3) is 0 Å². The zero-order valence-electron chi connectivity index (χ0n) is 22.9. The Bertz CT molecular complexity index is 1390. The van der Waals surface area contributed by atoms with E-state index in [1.54, 1.807) is 0 Å². The number of hydrogen-bond donors (Lipinski definition) is 0. The van der Waals surface area contributed by atoms with Crippen LogP contribution in [-0.4, -0.2) is 46.4 Å². The highest BCUT2D eigenvalue weighted by Gasteiger charge is 2.51. The number of aromatic nitrogens is 2. The lowest BCUT2D eigenvalue weighted by molar-refractivity contribution is -0.141. The fourth-order valence-corrected chi connectivity index (χ4v) is 6.73. The number of alkyl halides is 3. The van der Waals surface area contributed by atoms with Gasteiger partial charge in [-0.3, -0.25) is 4.90 Å². The Morgan fingerprint density at radius 2 is 1.40 bits per heavy atom. The van der Waals surface area contributed by atoms with Gasteiger partial charge in [0.1, 0.15) is 12.2 Å². The third-order valence-corrected chi connectivity index (χ3v) is 8.83. The first kappa shape index (κ1) is 28.6. The number of rotatable bonds is 9. The summed E-state index contributed by atoms with van der Waals surface area (Å²) in [6.07, 6.45) is -0.933. The van der Waals surface area contributed by atoms with Gasteiger partial charge in [-0.05, 0) is 48.9 Å². The number of nitrogens with zero attached hydrogens (tertiary/aromatic N) is 3. The molecule has 6 rings (SSSR count). The average Bonchev–Trinajstić information content (AvgIpc) is 3.58. The number of benzene rings is 3. The predicted octanol–water partition coefficient (Wildman–Crippen LogP) is 7.53. The molecule has 2 aliphatic rings. The van der Waals surface area contributed by atoms with Gasteiger partial charge in [0.15, 0.2) is 16.6 Å². The van der Waals surface area contributed by atoms with Crippen LogP contribution in [0.3, 0.4) is 0 Å². The van der Waals surface area contributed by atoms with Gasteiger partial charge in [0, 0.05) is 17.6 Å². The molecule has 2 saturated heterocycles. The SMILES string of the molecule is FC(F)(F)c1cc(OC[C@@H]2CC[C@]3(COC(c4ccccc4)(c4ccccc4)c4ccccc4)CCCN23)c(Cl)nn1. The Labute approximate surface area is 248 Å². The minimum absolute atomic E-state index is 0.00856. The molecule has 0 radical (unpaired) electrons. The monoisotopic (exact) mass is 593 g/mol. The molecule has 0 saturated carbocycles. The van der Waals surface area contributed by atoms with Crippen molar-refractivity contribution in [1.29, 1.82) is 0 Å². The molecule has 0 amide bonds. The van der Waals surface area contributed by atoms with Crippen molar-refractivity contribution in [2.24, 2.45) is 0 Å². The van der Waals surface area contributed by atoms with Crippen LogP contribution in [0.25, 0.3) is 0 Å². The lowest BCUT2D eigenvalue weighted by atomic mass is 9.79. The molecule has 9 heteroatoms. The number of halogens is 4. The zero-order chi connectivity index (χ0) is 29.2. The molecule has 2 fully saturated rings. The lowest BCUT2D eigenvalue weighted by Crippen LogP contribution is -2.49. The van der Waals surface area contributed by atoms with Crippen LogP contribution in [-0.2, 0) is 16.5 Å². The smallest absolute Gasteiger partial charge is 0.435 e. The quantitative estimate of drug-likeness (QED) is 0.188. The van der Waals surface area contributed by atoms with Crippen molar-refractivity contribution in [2.45, 2.75) is 49.0 Å². The standard InChI is InChI=1S/C33H31ClF3N3O2/c34-30-28(21-29(38-39-30)33(35,36)37)41-22-27-17-19-31(18-10-20-40(27)31)23-42-32(24-11-4-1-5-12-24,25-13-6-2-7-14-25)26-15-8-3-9-16-26/h1-9,11-16,21,27H,10,17-20,22-23H2/t27-,31-/m0/s1. The minimum atomic E-state index is -4.63. The van der Waals surface area contributed by atoms with Crippen molar-refractivity contribution in [1.82, 2.24) is 15.1 Å². The normalized spacial score (nSPS) is 20.9. The maximum absolute atomic E-state index is 13.2. The Morgan fingerprint density at radius 3 is 1.95 bits per heavy atom. The summed E-state index contributed by atoms with van der Waals surface area (Å²) in [6.45, 7) is 1.55. The van der Waals surface area contributed by atoms with Crippen LogP contribution < -0.4 is 4.74 Å². The predicted molar refractivity (Wildman–Crippen MR) is 154 cm³/mol. The van der Waals surface area contributed by atoms with Crippen molar-refractivity contribution in [2.75, 3.05) is 19.8 Å². The molecule has 3 aromatic carbocycles. The van der Waals surface area contributed by atoms with Crippen molar-refractivity contribution < 1.29 is 22.6 Å². The van der Waals surface area contributed by atoms with Crippen LogP contribution in [0.1, 0.15) is 48.1 Å². The second-order valence-corrected chi connectivity index (χ2v) is 11.3. The van der Waals surface area contributed by atoms with E-state index < -0.39 is 17.5 Å². The van der Waals surface area contributed by atoms with Crippen LogP contribution in [0.5, 0.6) is 5.75 Å². The molecule has 0 N–H and O–H groups in total. The summed E-state index contributed by atoms with van der Waals surface area (Å²) in [6, 6.07) is 31.7. The van der Waals surface area contributed by atoms with Crippen LogP contribution in [0.15, 0.2) is 97.1 Å². The van der Waals surface area contributed by atoms with Crippen LogP contribution >= 0.6 is 11.6 Å². The molecule has 2 aliphatic heterocycles. The van der Waals surface area contributed by atoms with Gasteiger partial charge in [0.2, 0.25) is 0 Å². The Morgan fingerprint density at radius 1 is 0.833 bits per heavy atom. The van der Waals surface area contributed by atoms with Crippen molar-refractivity contribution in [3.63, 3.8) is 0 Å². The molecule has 0 aliphatic carbocycles. The first-order valence-corrected chi connectivity index (χ1v) is 14.5. The number of ether oxygens (including phenoxy) is 2. The molecule has 42 heavy (non-hydrogen) atoms. The van der Waals surface area contributed by atoms with E-state index in [0.29, 0.717) is 6.61 Å². The van der Waals surface area contributed by atoms with Gasteiger partial charge < -0.3 is 9.47 Å². The average molecular weight is 594 g/mol. The molecular weight excluding hydrogens is 563 g/mol. The van der Waals surface area contributed by atoms with E-state index in [2.05, 4.69) is 51.5 Å². The van der Waals surface area contributed by atoms with Gasteiger partial charge in [0.05, 0.1) is 6.61 Å². The fraction of sp³-hybridized carbons (Fsp3) is 0.333. The molecule has 0 spiro atoms. The third-order valence-electron chi connectivity index (χ3n) is 8.57. The summed E-state index contributed by atoms with van der Waals surface area (Å²) >= 11 is 6.05. The van der Waals surface area contributed by atoms with Crippen molar-refractivity contribution in [3.8, 4) is 5.75 Å². The van der Waals surface area contributed by atoms with Crippen LogP contribution in [0.4, 0.5) is 13.2 Å². The van der Waals surface area contributed by atoms with Gasteiger partial charge >= 0.3 is 6.18 Å². The van der Waals surface area contributed by atoms with Gasteiger partial charge in [-0.25, -0.2) is 0 Å². The first-order valence-electron chi connectivity index (χ1n) is 14.1. The van der Waals surface area contributed by atoms with Gasteiger partial charge in [-0.1, -0.05) is 103 Å². The minimum Gasteiger partial charge on any atom is -0.489 e. The van der Waals surface area contributed by atoms with Gasteiger partial charge in [-0.2, -0.15) is 13.2 Å². The maximum atomic E-state index is 13.2. The summed E-state index contributed by atoms with van der Waals surface area (Å²) in [5, 5.41) is 6.43. The molecule has 3 heterocycles. The summed E-state index contributed by atoms with van der Waals surface area (Å²) in [4.78, 5) is 2.42. The van der Waals surface area contributed by atoms with E-state index in [0.717, 1.165) is 55.0 Å². The molecule has 0 bridgehead atoms. The highest BCUT2D eigenvalue weighted by atomic mass is 35.5. The lowest BCUT2D eigenvalue weighted by Gasteiger charge is -2.41. The summed E-state index contributed by atoms with van der Waals surface area (Å²) in [5.74, 6) is -0.108. The summed E-state index contributed by atoms with van der Waals surface area (Å²) in [7, 11) is 0. The Kier molecular flexibility index (Phi) is 7.96. The Balaban J connectivity index is 1.28. The van der Waals surface area contributed by atoms with E-state index in [1.165, 1.54) is 0 Å². The van der Waals surface area contributed by atoms with Crippen LogP contribution in [0, 0.1) is 0 Å². The molecule has 1 aromatic heterocycles. The Hall–Kier alpha value is -3.46. The third kappa shape index (κ3) is 5.39. The highest BCUT2D eigenvalue weighted by molar-refractivity contribution is 6.30. The largest absolute Gasteiger partial charge is 0.489 e. The van der Waals surface area contributed by atoms with E-state index in [4.69, 9.17) is 21.1 Å².